The van der Waals surface area contributed by atoms with Gasteiger partial charge in [-0.15, -0.1) is 0 Å². The van der Waals surface area contributed by atoms with Gasteiger partial charge in [0, 0.05) is 24.5 Å². The number of allylic oxidation sites excluding steroid dienone is 4. The summed E-state index contributed by atoms with van der Waals surface area (Å²) in [5, 5.41) is 5.02. The molecular weight excluding hydrogens is 369 g/mol. The van der Waals surface area contributed by atoms with E-state index in [0.717, 1.165) is 4.90 Å². The molecule has 9 nitrogen and oxygen atoms in total. The van der Waals surface area contributed by atoms with Gasteiger partial charge < -0.3 is 15.4 Å². The molecule has 148 valence electrons. The molecule has 3 rings (SSSR count). The number of methoxy groups -OCH3 is 1. The lowest BCUT2D eigenvalue weighted by atomic mass is 10.0. The van der Waals surface area contributed by atoms with Gasteiger partial charge in [0.1, 0.15) is 35.8 Å². The first-order chi connectivity index (χ1) is 13.2. The first-order valence-corrected chi connectivity index (χ1v) is 8.61. The molecule has 0 saturated carbocycles. The van der Waals surface area contributed by atoms with Crippen molar-refractivity contribution in [3.05, 3.63) is 35.7 Å². The summed E-state index contributed by atoms with van der Waals surface area (Å²) >= 11 is 0. The number of nitrogens with one attached hydrogen (secondary N) is 2. The molecule has 0 spiro atoms. The molecule has 1 aromatic rings. The van der Waals surface area contributed by atoms with Crippen LogP contribution in [0.4, 0.5) is 15.0 Å². The van der Waals surface area contributed by atoms with E-state index in [-0.39, 0.29) is 18.1 Å². The number of urea groups is 1. The van der Waals surface area contributed by atoms with Gasteiger partial charge in [-0.2, -0.15) is 0 Å². The number of carbonyl (C=O) groups is 3. The Bertz CT molecular complexity index is 909. The Morgan fingerprint density at radius 2 is 2.11 bits per heavy atom. The minimum absolute atomic E-state index is 0.156. The number of rotatable bonds is 5. The summed E-state index contributed by atoms with van der Waals surface area (Å²) in [7, 11) is 1.50. The maximum atomic E-state index is 13.7. The molecular formula is C18H20FN5O4. The van der Waals surface area contributed by atoms with Gasteiger partial charge in [-0.3, -0.25) is 14.5 Å². The zero-order valence-electron chi connectivity index (χ0n) is 15.7. The van der Waals surface area contributed by atoms with E-state index in [2.05, 4.69) is 20.6 Å². The van der Waals surface area contributed by atoms with Gasteiger partial charge in [0.15, 0.2) is 0 Å². The fourth-order valence-electron chi connectivity index (χ4n) is 2.97. The summed E-state index contributed by atoms with van der Waals surface area (Å²) in [6.07, 6.45) is 3.22. The summed E-state index contributed by atoms with van der Waals surface area (Å²) in [6.45, 7) is 2.66. The number of aromatic nitrogens is 2. The lowest BCUT2D eigenvalue weighted by Crippen LogP contribution is -2.41. The van der Waals surface area contributed by atoms with E-state index in [0.29, 0.717) is 23.4 Å². The van der Waals surface area contributed by atoms with Crippen molar-refractivity contribution in [3.8, 4) is 0 Å². The highest BCUT2D eigenvalue weighted by Crippen LogP contribution is 2.31. The Kier molecular flexibility index (Phi) is 5.12. The smallest absolute Gasteiger partial charge is 0.325 e. The minimum Gasteiger partial charge on any atom is -0.500 e. The summed E-state index contributed by atoms with van der Waals surface area (Å²) in [4.78, 5) is 45.2. The van der Waals surface area contributed by atoms with E-state index in [1.165, 1.54) is 25.6 Å². The van der Waals surface area contributed by atoms with Crippen LogP contribution in [0.3, 0.4) is 0 Å². The lowest BCUT2D eigenvalue weighted by molar-refractivity contribution is -0.132. The number of hydrogen-bond acceptors (Lipinski definition) is 6. The van der Waals surface area contributed by atoms with Crippen molar-refractivity contribution in [2.45, 2.75) is 32.2 Å². The molecule has 1 saturated heterocycles. The SMILES string of the molecule is COC1=C(c2cc(NC(=O)CN3C(=O)NC(C)(C)C3=O)ncn2)C=C(F)CC1. The summed E-state index contributed by atoms with van der Waals surface area (Å²) in [5.74, 6) is -0.644. The second-order valence-electron chi connectivity index (χ2n) is 6.92. The molecule has 1 aliphatic carbocycles. The van der Waals surface area contributed by atoms with Crippen LogP contribution in [-0.2, 0) is 14.3 Å². The van der Waals surface area contributed by atoms with Gasteiger partial charge in [-0.05, 0) is 19.9 Å². The maximum Gasteiger partial charge on any atom is 0.325 e. The molecule has 4 amide bonds. The average Bonchev–Trinajstić information content (AvgIpc) is 2.83. The molecule has 2 heterocycles. The topological polar surface area (TPSA) is 114 Å². The molecule has 0 unspecified atom stereocenters. The lowest BCUT2D eigenvalue weighted by Gasteiger charge is -2.17. The zero-order valence-corrected chi connectivity index (χ0v) is 15.7. The third-order valence-corrected chi connectivity index (χ3v) is 4.40. The fourth-order valence-corrected chi connectivity index (χ4v) is 2.97. The molecule has 2 N–H and O–H groups in total. The van der Waals surface area contributed by atoms with Crippen LogP contribution in [0.15, 0.2) is 30.1 Å². The van der Waals surface area contributed by atoms with E-state index >= 15 is 0 Å². The summed E-state index contributed by atoms with van der Waals surface area (Å²) in [6, 6.07) is 0.836. The van der Waals surface area contributed by atoms with Crippen molar-refractivity contribution in [2.24, 2.45) is 0 Å². The van der Waals surface area contributed by atoms with E-state index in [1.54, 1.807) is 13.8 Å². The Balaban J connectivity index is 1.75. The van der Waals surface area contributed by atoms with Gasteiger partial charge in [0.2, 0.25) is 5.91 Å². The molecule has 2 aliphatic rings. The summed E-state index contributed by atoms with van der Waals surface area (Å²) < 4.78 is 19.0. The van der Waals surface area contributed by atoms with E-state index in [1.807, 2.05) is 0 Å². The average molecular weight is 389 g/mol. The monoisotopic (exact) mass is 389 g/mol. The van der Waals surface area contributed by atoms with Gasteiger partial charge in [0.05, 0.1) is 12.8 Å². The number of carbonyl (C=O) groups excluding carboxylic acids is 3. The first kappa shape index (κ1) is 19.5. The number of nitrogens with zero attached hydrogens (tertiary/aromatic N) is 3. The third-order valence-electron chi connectivity index (χ3n) is 4.40. The highest BCUT2D eigenvalue weighted by Gasteiger charge is 2.44. The molecule has 10 heteroatoms. The molecule has 1 aromatic heterocycles. The molecule has 1 fully saturated rings. The van der Waals surface area contributed by atoms with Crippen molar-refractivity contribution >= 4 is 29.2 Å². The van der Waals surface area contributed by atoms with Crippen molar-refractivity contribution < 1.29 is 23.5 Å². The number of imide groups is 1. The van der Waals surface area contributed by atoms with Crippen molar-refractivity contribution in [1.82, 2.24) is 20.2 Å². The van der Waals surface area contributed by atoms with Crippen LogP contribution >= 0.6 is 0 Å². The Labute approximate surface area is 160 Å². The molecule has 0 radical (unpaired) electrons. The number of amides is 4. The van der Waals surface area contributed by atoms with Crippen LogP contribution in [0.1, 0.15) is 32.4 Å². The molecule has 28 heavy (non-hydrogen) atoms. The Morgan fingerprint density at radius 3 is 2.75 bits per heavy atom. The quantitative estimate of drug-likeness (QED) is 0.742. The van der Waals surface area contributed by atoms with Gasteiger partial charge in [-0.1, -0.05) is 0 Å². The standard InChI is InChI=1S/C18H20FN5O4/c1-18(2)16(26)24(17(27)23-18)8-15(25)22-14-7-12(20-9-21-14)11-6-10(19)4-5-13(11)28-3/h6-7,9H,4-5,8H2,1-3H3,(H,23,27)(H,20,21,22,25). The highest BCUT2D eigenvalue weighted by molar-refractivity contribution is 6.09. The predicted molar refractivity (Wildman–Crippen MR) is 97.3 cm³/mol. The fraction of sp³-hybridized carbons (Fsp3) is 0.389. The highest BCUT2D eigenvalue weighted by atomic mass is 19.1. The van der Waals surface area contributed by atoms with Crippen molar-refractivity contribution in [3.63, 3.8) is 0 Å². The number of anilines is 1. The number of ether oxygens (including phenoxy) is 1. The zero-order chi connectivity index (χ0) is 20.5. The van der Waals surface area contributed by atoms with Crippen LogP contribution in [0.5, 0.6) is 0 Å². The van der Waals surface area contributed by atoms with E-state index in [4.69, 9.17) is 4.74 Å². The predicted octanol–water partition coefficient (Wildman–Crippen LogP) is 1.75. The van der Waals surface area contributed by atoms with Gasteiger partial charge in [0.25, 0.3) is 5.91 Å². The van der Waals surface area contributed by atoms with Crippen molar-refractivity contribution in [1.29, 1.82) is 0 Å². The maximum absolute atomic E-state index is 13.7. The van der Waals surface area contributed by atoms with Crippen LogP contribution in [0, 0.1) is 0 Å². The second-order valence-corrected chi connectivity index (χ2v) is 6.92. The Hall–Kier alpha value is -3.30. The molecule has 0 aromatic carbocycles. The van der Waals surface area contributed by atoms with E-state index < -0.39 is 29.9 Å². The van der Waals surface area contributed by atoms with Crippen LogP contribution < -0.4 is 10.6 Å². The molecule has 1 aliphatic heterocycles. The van der Waals surface area contributed by atoms with Crippen LogP contribution in [0.25, 0.3) is 5.57 Å². The largest absolute Gasteiger partial charge is 0.500 e. The third kappa shape index (κ3) is 3.85. The molecule has 0 atom stereocenters. The van der Waals surface area contributed by atoms with E-state index in [9.17, 15) is 18.8 Å². The van der Waals surface area contributed by atoms with Crippen molar-refractivity contribution in [2.75, 3.05) is 19.0 Å². The summed E-state index contributed by atoms with van der Waals surface area (Å²) in [5.41, 5.74) is -0.201. The number of hydrogen-bond donors (Lipinski definition) is 2. The van der Waals surface area contributed by atoms with Crippen LogP contribution in [0.2, 0.25) is 0 Å². The first-order valence-electron chi connectivity index (χ1n) is 8.61. The van der Waals surface area contributed by atoms with Gasteiger partial charge in [-0.25, -0.2) is 19.2 Å². The van der Waals surface area contributed by atoms with Gasteiger partial charge >= 0.3 is 6.03 Å². The molecule has 0 bridgehead atoms. The second kappa shape index (κ2) is 7.37. The van der Waals surface area contributed by atoms with Crippen LogP contribution in [-0.4, -0.2) is 51.9 Å². The normalized spacial score (nSPS) is 18.7. The minimum atomic E-state index is -1.06. The Morgan fingerprint density at radius 1 is 1.36 bits per heavy atom. The number of halogens is 1.